The van der Waals surface area contributed by atoms with E-state index in [2.05, 4.69) is 4.99 Å². The molecule has 2 heterocycles. The predicted octanol–water partition coefficient (Wildman–Crippen LogP) is 0.927. The number of carboxylic acid groups (broad SMARTS) is 1. The smallest absolute Gasteiger partial charge is 0.338 e. The number of fused-ring (bicyclic) bond motifs is 1. The second-order valence-electron chi connectivity index (χ2n) is 7.44. The van der Waals surface area contributed by atoms with Crippen LogP contribution in [0.4, 0.5) is 0 Å². The van der Waals surface area contributed by atoms with Gasteiger partial charge in [-0.1, -0.05) is 53.8 Å². The third kappa shape index (κ3) is 4.69. The van der Waals surface area contributed by atoms with Gasteiger partial charge in [-0.15, -0.1) is 0 Å². The number of thiazole rings is 1. The van der Waals surface area contributed by atoms with Crippen LogP contribution in [0.1, 0.15) is 31.0 Å². The lowest BCUT2D eigenvalue weighted by molar-refractivity contribution is -0.307. The molecule has 174 valence electrons. The summed E-state index contributed by atoms with van der Waals surface area (Å²) in [4.78, 5) is 41.9. The summed E-state index contributed by atoms with van der Waals surface area (Å²) in [7, 11) is 0. The molecule has 1 atom stereocenters. The van der Waals surface area contributed by atoms with Gasteiger partial charge in [0.2, 0.25) is 0 Å². The Hall–Kier alpha value is -3.98. The van der Waals surface area contributed by atoms with Crippen LogP contribution in [0.5, 0.6) is 5.75 Å². The van der Waals surface area contributed by atoms with E-state index in [1.165, 1.54) is 15.9 Å². The van der Waals surface area contributed by atoms with E-state index in [-0.39, 0.29) is 12.2 Å². The van der Waals surface area contributed by atoms with Gasteiger partial charge in [0.1, 0.15) is 12.4 Å². The van der Waals surface area contributed by atoms with E-state index in [9.17, 15) is 19.5 Å². The van der Waals surface area contributed by atoms with Crippen molar-refractivity contribution in [1.82, 2.24) is 4.57 Å². The zero-order chi connectivity index (χ0) is 24.2. The molecule has 8 nitrogen and oxygen atoms in total. The summed E-state index contributed by atoms with van der Waals surface area (Å²) in [6, 6.07) is 15.3. The van der Waals surface area contributed by atoms with Crippen LogP contribution in [0.15, 0.2) is 75.7 Å². The number of carbonyl (C=O) groups is 2. The zero-order valence-corrected chi connectivity index (χ0v) is 19.3. The summed E-state index contributed by atoms with van der Waals surface area (Å²) < 4.78 is 12.3. The lowest BCUT2D eigenvalue weighted by atomic mass is 9.96. The monoisotopic (exact) mass is 477 g/mol. The number of benzene rings is 2. The van der Waals surface area contributed by atoms with Gasteiger partial charge in [0.15, 0.2) is 4.80 Å². The van der Waals surface area contributed by atoms with E-state index >= 15 is 0 Å². The number of rotatable bonds is 7. The fourth-order valence-electron chi connectivity index (χ4n) is 3.70. The summed E-state index contributed by atoms with van der Waals surface area (Å²) in [6.45, 7) is 3.14. The molecule has 0 unspecified atom stereocenters. The first kappa shape index (κ1) is 23.2. The van der Waals surface area contributed by atoms with Crippen molar-refractivity contribution < 1.29 is 24.2 Å². The van der Waals surface area contributed by atoms with Crippen molar-refractivity contribution in [3.63, 3.8) is 0 Å². The molecule has 0 amide bonds. The highest BCUT2D eigenvalue weighted by Crippen LogP contribution is 2.30. The highest BCUT2D eigenvalue weighted by atomic mass is 32.1. The van der Waals surface area contributed by atoms with Crippen LogP contribution in [0, 0.1) is 0 Å². The molecule has 34 heavy (non-hydrogen) atoms. The Balaban J connectivity index is 1.80. The van der Waals surface area contributed by atoms with Gasteiger partial charge in [0.05, 0.1) is 34.4 Å². The number of nitrogens with zero attached hydrogens (tertiary/aromatic N) is 2. The molecule has 0 fully saturated rings. The van der Waals surface area contributed by atoms with Crippen molar-refractivity contribution in [2.75, 3.05) is 13.2 Å². The van der Waals surface area contributed by atoms with Gasteiger partial charge in [-0.05, 0) is 43.2 Å². The Bertz CT molecular complexity index is 1440. The summed E-state index contributed by atoms with van der Waals surface area (Å²) in [5.41, 5.74) is 2.07. The topological polar surface area (TPSA) is 110 Å². The summed E-state index contributed by atoms with van der Waals surface area (Å²) in [5.74, 6) is -1.43. The van der Waals surface area contributed by atoms with Crippen LogP contribution >= 0.6 is 11.3 Å². The second kappa shape index (κ2) is 9.88. The zero-order valence-electron chi connectivity index (χ0n) is 18.5. The SMILES string of the molecule is CCOC(=O)C1=C(C)N=c2s/c(=C/c3ccc(OCC(=O)[O-])cc3)c(=O)n2[C@@H]1c1ccccc1. The first-order valence-electron chi connectivity index (χ1n) is 10.6. The average Bonchev–Trinajstić information content (AvgIpc) is 3.12. The van der Waals surface area contributed by atoms with E-state index in [4.69, 9.17) is 9.47 Å². The Morgan fingerprint density at radius 2 is 1.85 bits per heavy atom. The van der Waals surface area contributed by atoms with E-state index < -0.39 is 24.6 Å². The fourth-order valence-corrected chi connectivity index (χ4v) is 4.74. The lowest BCUT2D eigenvalue weighted by Crippen LogP contribution is -2.39. The van der Waals surface area contributed by atoms with Crippen molar-refractivity contribution in [3.05, 3.63) is 96.7 Å². The van der Waals surface area contributed by atoms with Crippen molar-refractivity contribution in [3.8, 4) is 5.75 Å². The predicted molar refractivity (Wildman–Crippen MR) is 124 cm³/mol. The van der Waals surface area contributed by atoms with Gasteiger partial charge in [-0.25, -0.2) is 9.79 Å². The highest BCUT2D eigenvalue weighted by molar-refractivity contribution is 7.07. The lowest BCUT2D eigenvalue weighted by Gasteiger charge is -2.24. The van der Waals surface area contributed by atoms with Crippen LogP contribution < -0.4 is 24.7 Å². The second-order valence-corrected chi connectivity index (χ2v) is 8.45. The molecule has 9 heteroatoms. The van der Waals surface area contributed by atoms with Crippen LogP contribution in [0.25, 0.3) is 6.08 Å². The summed E-state index contributed by atoms with van der Waals surface area (Å²) in [5, 5.41) is 10.5. The van der Waals surface area contributed by atoms with Gasteiger partial charge < -0.3 is 19.4 Å². The van der Waals surface area contributed by atoms with Crippen molar-refractivity contribution >= 4 is 29.4 Å². The molecule has 0 bridgehead atoms. The Labute approximate surface area is 198 Å². The third-order valence-corrected chi connectivity index (χ3v) is 6.15. The number of carboxylic acids is 1. The Morgan fingerprint density at radius 3 is 2.50 bits per heavy atom. The third-order valence-electron chi connectivity index (χ3n) is 5.17. The minimum atomic E-state index is -1.31. The molecule has 0 saturated heterocycles. The quantitative estimate of drug-likeness (QED) is 0.468. The van der Waals surface area contributed by atoms with Crippen molar-refractivity contribution in [2.24, 2.45) is 4.99 Å². The first-order chi connectivity index (χ1) is 16.4. The molecular formula is C25H21N2O6S-. The molecule has 3 aromatic rings. The van der Waals surface area contributed by atoms with Crippen molar-refractivity contribution in [2.45, 2.75) is 19.9 Å². The van der Waals surface area contributed by atoms with E-state index in [0.29, 0.717) is 26.4 Å². The number of aromatic nitrogens is 1. The van der Waals surface area contributed by atoms with Gasteiger partial charge >= 0.3 is 5.97 Å². The number of allylic oxidation sites excluding steroid dienone is 1. The Kier molecular flexibility index (Phi) is 6.74. The molecule has 1 aromatic heterocycles. The summed E-state index contributed by atoms with van der Waals surface area (Å²) in [6.07, 6.45) is 1.72. The van der Waals surface area contributed by atoms with Crippen LogP contribution in [-0.2, 0) is 14.3 Å². The van der Waals surface area contributed by atoms with E-state index in [1.54, 1.807) is 44.2 Å². The molecule has 0 N–H and O–H groups in total. The molecule has 1 aliphatic heterocycles. The van der Waals surface area contributed by atoms with E-state index in [1.807, 2.05) is 30.3 Å². The molecule has 2 aromatic carbocycles. The maximum absolute atomic E-state index is 13.5. The largest absolute Gasteiger partial charge is 0.546 e. The first-order valence-corrected chi connectivity index (χ1v) is 11.4. The average molecular weight is 478 g/mol. The minimum absolute atomic E-state index is 0.213. The number of hydrogen-bond acceptors (Lipinski definition) is 8. The molecule has 4 rings (SSSR count). The van der Waals surface area contributed by atoms with Crippen LogP contribution in [0.2, 0.25) is 0 Å². The highest BCUT2D eigenvalue weighted by Gasteiger charge is 2.33. The molecule has 0 aliphatic carbocycles. The van der Waals surface area contributed by atoms with Gasteiger partial charge in [0, 0.05) is 0 Å². The number of esters is 1. The van der Waals surface area contributed by atoms with Crippen molar-refractivity contribution in [1.29, 1.82) is 0 Å². The number of hydrogen-bond donors (Lipinski definition) is 0. The molecule has 0 spiro atoms. The normalized spacial score (nSPS) is 15.5. The number of ether oxygens (including phenoxy) is 2. The molecule has 0 radical (unpaired) electrons. The number of aliphatic carboxylic acids is 1. The fraction of sp³-hybridized carbons (Fsp3) is 0.200. The van der Waals surface area contributed by atoms with Gasteiger partial charge in [-0.2, -0.15) is 0 Å². The van der Waals surface area contributed by atoms with Gasteiger partial charge in [0.25, 0.3) is 5.56 Å². The maximum atomic E-state index is 13.5. The summed E-state index contributed by atoms with van der Waals surface area (Å²) >= 11 is 1.23. The molecule has 0 saturated carbocycles. The minimum Gasteiger partial charge on any atom is -0.546 e. The van der Waals surface area contributed by atoms with Crippen LogP contribution in [-0.4, -0.2) is 29.7 Å². The van der Waals surface area contributed by atoms with Crippen LogP contribution in [0.3, 0.4) is 0 Å². The Morgan fingerprint density at radius 1 is 1.15 bits per heavy atom. The van der Waals surface area contributed by atoms with E-state index in [0.717, 1.165) is 11.1 Å². The standard InChI is InChI=1S/C25H22N2O6S/c1-3-32-24(31)21-15(2)26-25-27(22(21)17-7-5-4-6-8-17)23(30)19(34-25)13-16-9-11-18(12-10-16)33-14-20(28)29/h4-13,22H,3,14H2,1-2H3,(H,28,29)/p-1/b19-13+/t22-/m1/s1. The maximum Gasteiger partial charge on any atom is 0.338 e. The van der Waals surface area contributed by atoms with Gasteiger partial charge in [-0.3, -0.25) is 9.36 Å². The molecular weight excluding hydrogens is 456 g/mol. The number of carbonyl (C=O) groups excluding carboxylic acids is 2. The molecule has 1 aliphatic rings.